The van der Waals surface area contributed by atoms with Crippen molar-refractivity contribution in [2.24, 2.45) is 0 Å². The van der Waals surface area contributed by atoms with Crippen LogP contribution in [0.5, 0.6) is 0 Å². The van der Waals surface area contributed by atoms with Crippen LogP contribution in [-0.4, -0.2) is 36.7 Å². The summed E-state index contributed by atoms with van der Waals surface area (Å²) in [5.74, 6) is 0.710. The minimum Gasteiger partial charge on any atom is -0.378 e. The molecule has 0 saturated carbocycles. The van der Waals surface area contributed by atoms with Crippen molar-refractivity contribution in [3.8, 4) is 0 Å². The van der Waals surface area contributed by atoms with Crippen molar-refractivity contribution in [2.75, 3.05) is 19.8 Å². The fourth-order valence-electron chi connectivity index (χ4n) is 1.63. The Morgan fingerprint density at radius 1 is 1.57 bits per heavy atom. The highest BCUT2D eigenvalue weighted by Gasteiger charge is 2.25. The molecule has 0 aromatic carbocycles. The Bertz CT molecular complexity index is 320. The van der Waals surface area contributed by atoms with Crippen LogP contribution in [0.2, 0.25) is 0 Å². The van der Waals surface area contributed by atoms with Crippen LogP contribution in [0.4, 0.5) is 0 Å². The van der Waals surface area contributed by atoms with E-state index in [9.17, 15) is 4.79 Å². The van der Waals surface area contributed by atoms with Gasteiger partial charge in [0, 0.05) is 24.7 Å². The highest BCUT2D eigenvalue weighted by atomic mass is 32.2. The molecule has 1 unspecified atom stereocenters. The zero-order valence-corrected chi connectivity index (χ0v) is 9.23. The summed E-state index contributed by atoms with van der Waals surface area (Å²) in [6.07, 6.45) is 5.25. The van der Waals surface area contributed by atoms with Crippen LogP contribution >= 0.6 is 11.8 Å². The molecule has 1 fully saturated rings. The van der Waals surface area contributed by atoms with Crippen LogP contribution in [0.3, 0.4) is 0 Å². The predicted octanol–water partition coefficient (Wildman–Crippen LogP) is 0.951. The smallest absolute Gasteiger partial charge is 0.230 e. The van der Waals surface area contributed by atoms with Crippen LogP contribution in [-0.2, 0) is 4.79 Å². The van der Waals surface area contributed by atoms with Crippen molar-refractivity contribution in [2.45, 2.75) is 12.5 Å². The maximum Gasteiger partial charge on any atom is 0.230 e. The Labute approximate surface area is 88.2 Å². The minimum atomic E-state index is 0.152. The average molecular weight is 210 g/mol. The number of hydrogen-bond donors (Lipinski definition) is 1. The molecule has 76 valence electrons. The summed E-state index contributed by atoms with van der Waals surface area (Å²) in [6, 6.07) is 0.227. The van der Waals surface area contributed by atoms with Crippen molar-refractivity contribution in [1.82, 2.24) is 10.2 Å². The number of likely N-dealkylation sites (N-methyl/N-ethyl adjacent to an activating group) is 1. The van der Waals surface area contributed by atoms with Crippen LogP contribution < -0.4 is 5.32 Å². The SMILES string of the molecule is CN(C)C1=CCC2NC(=O)CSC2=C1. The average Bonchev–Trinajstić information content (AvgIpc) is 2.16. The van der Waals surface area contributed by atoms with Gasteiger partial charge in [0.1, 0.15) is 0 Å². The summed E-state index contributed by atoms with van der Waals surface area (Å²) in [5.41, 5.74) is 1.24. The van der Waals surface area contributed by atoms with E-state index < -0.39 is 0 Å². The van der Waals surface area contributed by atoms with Gasteiger partial charge in [-0.1, -0.05) is 6.08 Å². The summed E-state index contributed by atoms with van der Waals surface area (Å²) >= 11 is 1.66. The van der Waals surface area contributed by atoms with Crippen molar-refractivity contribution in [1.29, 1.82) is 0 Å². The van der Waals surface area contributed by atoms with E-state index in [0.717, 1.165) is 6.42 Å². The van der Waals surface area contributed by atoms with Crippen LogP contribution in [0.15, 0.2) is 22.8 Å². The third-order valence-corrected chi connectivity index (χ3v) is 3.56. The number of carbonyl (C=O) groups excluding carboxylic acids is 1. The molecule has 1 aliphatic carbocycles. The molecule has 1 amide bonds. The molecule has 0 aromatic heterocycles. The van der Waals surface area contributed by atoms with Gasteiger partial charge in [0.2, 0.25) is 5.91 Å². The maximum atomic E-state index is 11.1. The normalized spacial score (nSPS) is 25.9. The number of allylic oxidation sites excluding steroid dienone is 1. The van der Waals surface area contributed by atoms with Gasteiger partial charge in [0.15, 0.2) is 0 Å². The summed E-state index contributed by atoms with van der Waals surface area (Å²) in [7, 11) is 4.07. The predicted molar refractivity (Wildman–Crippen MR) is 58.9 cm³/mol. The van der Waals surface area contributed by atoms with Gasteiger partial charge in [-0.15, -0.1) is 11.8 Å². The molecule has 1 heterocycles. The third-order valence-electron chi connectivity index (χ3n) is 2.42. The quantitative estimate of drug-likeness (QED) is 0.699. The molecule has 0 radical (unpaired) electrons. The molecule has 1 saturated heterocycles. The fourth-order valence-corrected chi connectivity index (χ4v) is 2.57. The molecule has 14 heavy (non-hydrogen) atoms. The van der Waals surface area contributed by atoms with Crippen LogP contribution in [0.1, 0.15) is 6.42 Å². The lowest BCUT2D eigenvalue weighted by Gasteiger charge is -2.30. The number of amides is 1. The Hall–Kier alpha value is -0.900. The molecular formula is C10H14N2OS. The van der Waals surface area contributed by atoms with E-state index in [4.69, 9.17) is 0 Å². The zero-order chi connectivity index (χ0) is 10.1. The number of nitrogens with one attached hydrogen (secondary N) is 1. The van der Waals surface area contributed by atoms with Crippen molar-refractivity contribution in [3.05, 3.63) is 22.8 Å². The van der Waals surface area contributed by atoms with Crippen molar-refractivity contribution >= 4 is 17.7 Å². The van der Waals surface area contributed by atoms with E-state index in [1.165, 1.54) is 10.6 Å². The minimum absolute atomic E-state index is 0.152. The van der Waals surface area contributed by atoms with Gasteiger partial charge in [-0.3, -0.25) is 4.79 Å². The summed E-state index contributed by atoms with van der Waals surface area (Å²) in [5, 5.41) is 2.99. The number of carbonyl (C=O) groups is 1. The second kappa shape index (κ2) is 3.69. The van der Waals surface area contributed by atoms with Crippen LogP contribution in [0.25, 0.3) is 0 Å². The number of hydrogen-bond acceptors (Lipinski definition) is 3. The van der Waals surface area contributed by atoms with E-state index in [1.807, 2.05) is 14.1 Å². The van der Waals surface area contributed by atoms with Crippen LogP contribution in [0, 0.1) is 0 Å². The molecule has 4 heteroatoms. The second-order valence-corrected chi connectivity index (χ2v) is 4.76. The highest BCUT2D eigenvalue weighted by Crippen LogP contribution is 2.30. The molecule has 2 aliphatic rings. The number of nitrogens with zero attached hydrogens (tertiary/aromatic N) is 1. The van der Waals surface area contributed by atoms with E-state index in [2.05, 4.69) is 22.4 Å². The Kier molecular flexibility index (Phi) is 2.54. The summed E-state index contributed by atoms with van der Waals surface area (Å²) in [6.45, 7) is 0. The summed E-state index contributed by atoms with van der Waals surface area (Å²) in [4.78, 5) is 14.5. The standard InChI is InChI=1S/C10H14N2OS/c1-12(2)7-3-4-8-9(5-7)14-6-10(13)11-8/h3,5,8H,4,6H2,1-2H3,(H,11,13). The molecule has 3 nitrogen and oxygen atoms in total. The van der Waals surface area contributed by atoms with E-state index in [-0.39, 0.29) is 11.9 Å². The molecule has 1 N–H and O–H groups in total. The number of thioether (sulfide) groups is 1. The molecular weight excluding hydrogens is 196 g/mol. The van der Waals surface area contributed by atoms with E-state index in [0.29, 0.717) is 5.75 Å². The van der Waals surface area contributed by atoms with Gasteiger partial charge in [-0.05, 0) is 12.5 Å². The molecule has 2 rings (SSSR count). The van der Waals surface area contributed by atoms with Gasteiger partial charge in [0.05, 0.1) is 11.8 Å². The van der Waals surface area contributed by atoms with Gasteiger partial charge < -0.3 is 10.2 Å². The van der Waals surface area contributed by atoms with Crippen molar-refractivity contribution < 1.29 is 4.79 Å². The zero-order valence-electron chi connectivity index (χ0n) is 8.41. The third kappa shape index (κ3) is 1.80. The molecule has 1 aliphatic heterocycles. The number of rotatable bonds is 1. The number of fused-ring (bicyclic) bond motifs is 1. The van der Waals surface area contributed by atoms with E-state index in [1.54, 1.807) is 11.8 Å². The summed E-state index contributed by atoms with van der Waals surface area (Å²) < 4.78 is 0. The van der Waals surface area contributed by atoms with Gasteiger partial charge in [0.25, 0.3) is 0 Å². The highest BCUT2D eigenvalue weighted by molar-refractivity contribution is 8.03. The molecule has 0 spiro atoms. The van der Waals surface area contributed by atoms with Gasteiger partial charge >= 0.3 is 0 Å². The van der Waals surface area contributed by atoms with E-state index >= 15 is 0 Å². The first kappa shape index (κ1) is 9.65. The first-order valence-electron chi connectivity index (χ1n) is 4.68. The second-order valence-electron chi connectivity index (χ2n) is 3.71. The lowest BCUT2D eigenvalue weighted by molar-refractivity contribution is -0.119. The van der Waals surface area contributed by atoms with Gasteiger partial charge in [-0.2, -0.15) is 0 Å². The van der Waals surface area contributed by atoms with Crippen molar-refractivity contribution in [3.63, 3.8) is 0 Å². The maximum absolute atomic E-state index is 11.1. The lowest BCUT2D eigenvalue weighted by atomic mass is 10.1. The Balaban J connectivity index is 2.15. The van der Waals surface area contributed by atoms with Gasteiger partial charge in [-0.25, -0.2) is 0 Å². The monoisotopic (exact) mass is 210 g/mol. The molecule has 1 atom stereocenters. The Morgan fingerprint density at radius 3 is 3.07 bits per heavy atom. The Morgan fingerprint density at radius 2 is 2.36 bits per heavy atom. The largest absolute Gasteiger partial charge is 0.378 e. The molecule has 0 aromatic rings. The topological polar surface area (TPSA) is 32.3 Å². The molecule has 0 bridgehead atoms. The fraction of sp³-hybridized carbons (Fsp3) is 0.500. The first-order valence-corrected chi connectivity index (χ1v) is 5.66. The first-order chi connectivity index (χ1) is 6.66. The lowest BCUT2D eigenvalue weighted by Crippen LogP contribution is -2.41.